The molecule has 0 atom stereocenters. The molecule has 4 heteroatoms. The molecule has 17 heavy (non-hydrogen) atoms. The molecule has 4 nitrogen and oxygen atoms in total. The van der Waals surface area contributed by atoms with Crippen LogP contribution in [0.4, 0.5) is 0 Å². The number of unbranched alkanes of at least 4 members (excludes halogenated alkanes) is 4. The predicted octanol–water partition coefficient (Wildman–Crippen LogP) is 2.35. The second-order valence-corrected chi connectivity index (χ2v) is 4.19. The molecule has 0 aliphatic heterocycles. The van der Waals surface area contributed by atoms with E-state index in [0.29, 0.717) is 19.6 Å². The summed E-state index contributed by atoms with van der Waals surface area (Å²) in [6.45, 7) is 3.46. The molecule has 0 radical (unpaired) electrons. The molecule has 0 aromatic heterocycles. The van der Waals surface area contributed by atoms with E-state index in [4.69, 9.17) is 10.00 Å². The minimum atomic E-state index is -0.0474. The smallest absolute Gasteiger partial charge is 0.248 e. The summed E-state index contributed by atoms with van der Waals surface area (Å²) in [5, 5.41) is 8.39. The van der Waals surface area contributed by atoms with E-state index in [9.17, 15) is 4.79 Å². The van der Waals surface area contributed by atoms with Gasteiger partial charge < -0.3 is 9.64 Å². The number of nitrogens with zero attached hydrogens (tertiary/aromatic N) is 2. The fourth-order valence-corrected chi connectivity index (χ4v) is 1.42. The molecule has 0 bridgehead atoms. The Morgan fingerprint density at radius 3 is 2.65 bits per heavy atom. The Bertz CT molecular complexity index is 236. The highest BCUT2D eigenvalue weighted by Crippen LogP contribution is 2.02. The van der Waals surface area contributed by atoms with Crippen LogP contribution in [0.25, 0.3) is 0 Å². The monoisotopic (exact) mass is 240 g/mol. The van der Waals surface area contributed by atoms with Crippen LogP contribution in [0.5, 0.6) is 0 Å². The molecule has 0 aromatic rings. The number of nitriles is 1. The average molecular weight is 240 g/mol. The van der Waals surface area contributed by atoms with E-state index < -0.39 is 0 Å². The Morgan fingerprint density at radius 2 is 2.00 bits per heavy atom. The van der Waals surface area contributed by atoms with Crippen molar-refractivity contribution in [2.45, 2.75) is 45.4 Å². The lowest BCUT2D eigenvalue weighted by Gasteiger charge is -2.15. The second-order valence-electron chi connectivity index (χ2n) is 4.19. The number of hydrogen-bond donors (Lipinski definition) is 0. The van der Waals surface area contributed by atoms with E-state index in [2.05, 4.69) is 6.92 Å². The average Bonchev–Trinajstić information content (AvgIpc) is 2.34. The summed E-state index contributed by atoms with van der Waals surface area (Å²) in [5.41, 5.74) is 0. The Labute approximate surface area is 105 Å². The fraction of sp³-hybridized carbons (Fsp3) is 0.846. The second kappa shape index (κ2) is 11.4. The van der Waals surface area contributed by atoms with Gasteiger partial charge in [-0.3, -0.25) is 4.79 Å². The Hall–Kier alpha value is -1.08. The SMILES string of the molecule is CCCCCCCOCC(=O)N(C)CCC#N. The van der Waals surface area contributed by atoms with Gasteiger partial charge in [0, 0.05) is 20.2 Å². The minimum Gasteiger partial charge on any atom is -0.372 e. The van der Waals surface area contributed by atoms with Gasteiger partial charge in [0.2, 0.25) is 5.91 Å². The number of hydrogen-bond acceptors (Lipinski definition) is 3. The van der Waals surface area contributed by atoms with Gasteiger partial charge in [-0.1, -0.05) is 32.6 Å². The number of rotatable bonds is 10. The number of likely N-dealkylation sites (N-methyl/N-ethyl adjacent to an activating group) is 1. The number of amides is 1. The van der Waals surface area contributed by atoms with E-state index in [1.807, 2.05) is 6.07 Å². The van der Waals surface area contributed by atoms with Gasteiger partial charge in [0.05, 0.1) is 12.5 Å². The summed E-state index contributed by atoms with van der Waals surface area (Å²) < 4.78 is 5.30. The molecule has 0 spiro atoms. The Balaban J connectivity index is 3.35. The lowest BCUT2D eigenvalue weighted by Crippen LogP contribution is -2.31. The van der Waals surface area contributed by atoms with Crippen molar-refractivity contribution in [1.82, 2.24) is 4.90 Å². The van der Waals surface area contributed by atoms with Crippen molar-refractivity contribution in [2.24, 2.45) is 0 Å². The Morgan fingerprint density at radius 1 is 1.29 bits per heavy atom. The van der Waals surface area contributed by atoms with Gasteiger partial charge in [0.15, 0.2) is 0 Å². The molecule has 0 rings (SSSR count). The zero-order chi connectivity index (χ0) is 12.9. The van der Waals surface area contributed by atoms with Gasteiger partial charge in [-0.25, -0.2) is 0 Å². The highest BCUT2D eigenvalue weighted by molar-refractivity contribution is 5.77. The maximum atomic E-state index is 11.5. The van der Waals surface area contributed by atoms with Crippen LogP contribution in [0.1, 0.15) is 45.4 Å². The molecule has 1 amide bonds. The lowest BCUT2D eigenvalue weighted by molar-refractivity contribution is -0.134. The zero-order valence-electron chi connectivity index (χ0n) is 11.1. The highest BCUT2D eigenvalue weighted by atomic mass is 16.5. The molecule has 0 aromatic carbocycles. The third-order valence-corrected chi connectivity index (χ3v) is 2.60. The molecule has 98 valence electrons. The van der Waals surface area contributed by atoms with Crippen LogP contribution in [0, 0.1) is 11.3 Å². The molecule has 0 saturated carbocycles. The van der Waals surface area contributed by atoms with Crippen molar-refractivity contribution in [3.05, 3.63) is 0 Å². The summed E-state index contributed by atoms with van der Waals surface area (Å²) >= 11 is 0. The van der Waals surface area contributed by atoms with Crippen molar-refractivity contribution in [3.8, 4) is 6.07 Å². The van der Waals surface area contributed by atoms with Gasteiger partial charge in [-0.15, -0.1) is 0 Å². The van der Waals surface area contributed by atoms with Gasteiger partial charge in [0.25, 0.3) is 0 Å². The van der Waals surface area contributed by atoms with Gasteiger partial charge in [-0.05, 0) is 6.42 Å². The molecular weight excluding hydrogens is 216 g/mol. The van der Waals surface area contributed by atoms with Crippen LogP contribution in [-0.4, -0.2) is 37.6 Å². The first-order valence-corrected chi connectivity index (χ1v) is 6.41. The van der Waals surface area contributed by atoms with E-state index >= 15 is 0 Å². The molecule has 0 saturated heterocycles. The maximum Gasteiger partial charge on any atom is 0.248 e. The van der Waals surface area contributed by atoms with E-state index in [-0.39, 0.29) is 12.5 Å². The first kappa shape index (κ1) is 15.9. The van der Waals surface area contributed by atoms with Gasteiger partial charge in [-0.2, -0.15) is 5.26 Å². The molecule has 0 fully saturated rings. The molecule has 0 aliphatic rings. The summed E-state index contributed by atoms with van der Waals surface area (Å²) in [7, 11) is 1.70. The van der Waals surface area contributed by atoms with Crippen LogP contribution in [0.2, 0.25) is 0 Å². The van der Waals surface area contributed by atoms with E-state index in [0.717, 1.165) is 6.42 Å². The van der Waals surface area contributed by atoms with Crippen LogP contribution in [-0.2, 0) is 9.53 Å². The number of ether oxygens (including phenoxy) is 1. The van der Waals surface area contributed by atoms with Crippen molar-refractivity contribution in [3.63, 3.8) is 0 Å². The maximum absolute atomic E-state index is 11.5. The fourth-order valence-electron chi connectivity index (χ4n) is 1.42. The topological polar surface area (TPSA) is 53.3 Å². The predicted molar refractivity (Wildman–Crippen MR) is 67.4 cm³/mol. The third kappa shape index (κ3) is 9.83. The van der Waals surface area contributed by atoms with Crippen LogP contribution < -0.4 is 0 Å². The Kier molecular flexibility index (Phi) is 10.7. The molecule has 0 aliphatic carbocycles. The first-order chi connectivity index (χ1) is 8.22. The summed E-state index contributed by atoms with van der Waals surface area (Å²) in [4.78, 5) is 13.0. The molecule has 0 heterocycles. The van der Waals surface area contributed by atoms with Crippen molar-refractivity contribution >= 4 is 5.91 Å². The normalized spacial score (nSPS) is 9.94. The summed E-state index contributed by atoms with van der Waals surface area (Å²) in [6, 6.07) is 2.01. The number of carbonyl (C=O) groups excluding carboxylic acids is 1. The quantitative estimate of drug-likeness (QED) is 0.551. The van der Waals surface area contributed by atoms with Crippen molar-refractivity contribution in [1.29, 1.82) is 5.26 Å². The zero-order valence-corrected chi connectivity index (χ0v) is 11.1. The van der Waals surface area contributed by atoms with Gasteiger partial charge >= 0.3 is 0 Å². The first-order valence-electron chi connectivity index (χ1n) is 6.41. The largest absolute Gasteiger partial charge is 0.372 e. The van der Waals surface area contributed by atoms with Crippen molar-refractivity contribution in [2.75, 3.05) is 26.8 Å². The van der Waals surface area contributed by atoms with E-state index in [1.54, 1.807) is 11.9 Å². The highest BCUT2D eigenvalue weighted by Gasteiger charge is 2.07. The number of carbonyl (C=O) groups is 1. The van der Waals surface area contributed by atoms with Gasteiger partial charge in [0.1, 0.15) is 6.61 Å². The standard InChI is InChI=1S/C13H24N2O2/c1-3-4-5-6-7-11-17-12-13(16)15(2)10-8-9-14/h3-8,10-12H2,1-2H3. The lowest BCUT2D eigenvalue weighted by atomic mass is 10.2. The molecular formula is C13H24N2O2. The van der Waals surface area contributed by atoms with Crippen LogP contribution in [0.3, 0.4) is 0 Å². The molecule has 0 unspecified atom stereocenters. The van der Waals surface area contributed by atoms with E-state index in [1.165, 1.54) is 25.7 Å². The third-order valence-electron chi connectivity index (χ3n) is 2.60. The van der Waals surface area contributed by atoms with Crippen LogP contribution >= 0.6 is 0 Å². The summed E-state index contributed by atoms with van der Waals surface area (Å²) in [6.07, 6.45) is 6.33. The summed E-state index contributed by atoms with van der Waals surface area (Å²) in [5.74, 6) is -0.0474. The van der Waals surface area contributed by atoms with Crippen molar-refractivity contribution < 1.29 is 9.53 Å². The minimum absolute atomic E-state index is 0.0474. The molecule has 0 N–H and O–H groups in total. The van der Waals surface area contributed by atoms with Crippen LogP contribution in [0.15, 0.2) is 0 Å².